The number of rotatable bonds is 4. The molecule has 0 aliphatic heterocycles. The van der Waals surface area contributed by atoms with Gasteiger partial charge in [-0.05, 0) is 29.8 Å². The van der Waals surface area contributed by atoms with Crippen LogP contribution in [0.1, 0.15) is 21.5 Å². The molecule has 0 saturated carbocycles. The number of alkyl halides is 3. The minimum atomic E-state index is -4.64. The van der Waals surface area contributed by atoms with Crippen LogP contribution in [0.25, 0.3) is 0 Å². The largest absolute Gasteiger partial charge is 0.422 e. The van der Waals surface area contributed by atoms with E-state index in [0.717, 1.165) is 18.4 Å². The maximum absolute atomic E-state index is 12.9. The highest BCUT2D eigenvalue weighted by Gasteiger charge is 2.34. The summed E-state index contributed by atoms with van der Waals surface area (Å²) in [4.78, 5) is 12.0. The molecule has 0 radical (unpaired) electrons. The summed E-state index contributed by atoms with van der Waals surface area (Å²) < 4.78 is 65.8. The van der Waals surface area contributed by atoms with Crippen LogP contribution in [0.3, 0.4) is 0 Å². The lowest BCUT2D eigenvalue weighted by atomic mass is 10.1. The van der Waals surface area contributed by atoms with Crippen molar-refractivity contribution in [3.05, 3.63) is 65.2 Å². The molecule has 0 fully saturated rings. The van der Waals surface area contributed by atoms with Gasteiger partial charge in [0.05, 0.1) is 16.9 Å². The summed E-state index contributed by atoms with van der Waals surface area (Å²) >= 11 is 0. The molecule has 0 aliphatic carbocycles. The molecule has 0 aliphatic rings. The quantitative estimate of drug-likeness (QED) is 0.620. The summed E-state index contributed by atoms with van der Waals surface area (Å²) in [6.07, 6.45) is -3.57. The average molecular weight is 358 g/mol. The highest BCUT2D eigenvalue weighted by molar-refractivity contribution is 7.89. The molecule has 0 heterocycles. The van der Waals surface area contributed by atoms with Crippen LogP contribution in [0.2, 0.25) is 0 Å². The standard InChI is InChI=1S/C16H13F3O4S/c1-24(21,22)10-11-6-8-12(9-7-11)15(20)23-14-5-3-2-4-13(14)16(17,18)19/h2-9H,10H2,1H3. The van der Waals surface area contributed by atoms with Crippen LogP contribution < -0.4 is 4.74 Å². The second-order valence-corrected chi connectivity index (χ2v) is 7.29. The molecule has 0 spiro atoms. The van der Waals surface area contributed by atoms with E-state index in [1.807, 2.05) is 0 Å². The van der Waals surface area contributed by atoms with Crippen molar-refractivity contribution in [2.75, 3.05) is 6.26 Å². The SMILES string of the molecule is CS(=O)(=O)Cc1ccc(C(=O)Oc2ccccc2C(F)(F)F)cc1. The van der Waals surface area contributed by atoms with Crippen LogP contribution in [0.4, 0.5) is 13.2 Å². The van der Waals surface area contributed by atoms with Crippen LogP contribution in [0, 0.1) is 0 Å². The second-order valence-electron chi connectivity index (χ2n) is 5.15. The number of para-hydroxylation sites is 1. The molecule has 2 rings (SSSR count). The number of hydrogen-bond acceptors (Lipinski definition) is 4. The lowest BCUT2D eigenvalue weighted by molar-refractivity contribution is -0.138. The summed E-state index contributed by atoms with van der Waals surface area (Å²) in [5.74, 6) is -1.74. The van der Waals surface area contributed by atoms with Crippen molar-refractivity contribution in [3.63, 3.8) is 0 Å². The number of ether oxygens (including phenoxy) is 1. The van der Waals surface area contributed by atoms with Gasteiger partial charge < -0.3 is 4.74 Å². The number of hydrogen-bond donors (Lipinski definition) is 0. The van der Waals surface area contributed by atoms with E-state index >= 15 is 0 Å². The van der Waals surface area contributed by atoms with E-state index in [1.165, 1.54) is 36.4 Å². The van der Waals surface area contributed by atoms with Crippen molar-refractivity contribution in [2.24, 2.45) is 0 Å². The van der Waals surface area contributed by atoms with Crippen molar-refractivity contribution >= 4 is 15.8 Å². The fourth-order valence-electron chi connectivity index (χ4n) is 1.99. The van der Waals surface area contributed by atoms with Crippen LogP contribution in [0.15, 0.2) is 48.5 Å². The summed E-state index contributed by atoms with van der Waals surface area (Å²) in [5, 5.41) is 0. The van der Waals surface area contributed by atoms with E-state index in [4.69, 9.17) is 4.74 Å². The molecular weight excluding hydrogens is 345 g/mol. The highest BCUT2D eigenvalue weighted by atomic mass is 32.2. The fraction of sp³-hybridized carbons (Fsp3) is 0.188. The molecule has 0 aromatic heterocycles. The van der Waals surface area contributed by atoms with Crippen LogP contribution in [-0.2, 0) is 21.8 Å². The van der Waals surface area contributed by atoms with Gasteiger partial charge in [-0.15, -0.1) is 0 Å². The Hall–Kier alpha value is -2.35. The Morgan fingerprint density at radius 3 is 2.17 bits per heavy atom. The Balaban J connectivity index is 2.19. The zero-order valence-corrected chi connectivity index (χ0v) is 13.3. The molecule has 8 heteroatoms. The van der Waals surface area contributed by atoms with Crippen LogP contribution >= 0.6 is 0 Å². The lowest BCUT2D eigenvalue weighted by Gasteiger charge is -2.12. The predicted molar refractivity (Wildman–Crippen MR) is 81.4 cm³/mol. The first-order valence-electron chi connectivity index (χ1n) is 6.71. The van der Waals surface area contributed by atoms with Gasteiger partial charge in [-0.2, -0.15) is 13.2 Å². The third-order valence-electron chi connectivity index (χ3n) is 3.01. The molecule has 0 unspecified atom stereocenters. The maximum atomic E-state index is 12.9. The number of carbonyl (C=O) groups excluding carboxylic acids is 1. The Bertz CT molecular complexity index is 840. The number of esters is 1. The Morgan fingerprint density at radius 2 is 1.62 bits per heavy atom. The molecule has 0 bridgehead atoms. The predicted octanol–water partition coefficient (Wildman–Crippen LogP) is 3.47. The van der Waals surface area contributed by atoms with Gasteiger partial charge in [-0.3, -0.25) is 0 Å². The van der Waals surface area contributed by atoms with Crippen molar-refractivity contribution in [1.29, 1.82) is 0 Å². The van der Waals surface area contributed by atoms with Gasteiger partial charge in [0.2, 0.25) is 0 Å². The van der Waals surface area contributed by atoms with E-state index in [9.17, 15) is 26.4 Å². The first kappa shape index (κ1) is 18.0. The first-order valence-corrected chi connectivity index (χ1v) is 8.77. The van der Waals surface area contributed by atoms with E-state index in [1.54, 1.807) is 0 Å². The number of halogens is 3. The van der Waals surface area contributed by atoms with Crippen LogP contribution in [-0.4, -0.2) is 20.6 Å². The third kappa shape index (κ3) is 4.82. The van der Waals surface area contributed by atoms with Gasteiger partial charge >= 0.3 is 12.1 Å². The van der Waals surface area contributed by atoms with Gasteiger partial charge in [0.1, 0.15) is 5.75 Å². The molecule has 0 amide bonds. The van der Waals surface area contributed by atoms with E-state index in [-0.39, 0.29) is 11.3 Å². The molecule has 4 nitrogen and oxygen atoms in total. The second kappa shape index (κ2) is 6.64. The number of carbonyl (C=O) groups is 1. The van der Waals surface area contributed by atoms with Crippen molar-refractivity contribution in [2.45, 2.75) is 11.9 Å². The van der Waals surface area contributed by atoms with Crippen molar-refractivity contribution < 1.29 is 31.1 Å². The summed E-state index contributed by atoms with van der Waals surface area (Å²) in [6.45, 7) is 0. The van der Waals surface area contributed by atoms with Crippen molar-refractivity contribution in [3.8, 4) is 5.75 Å². The summed E-state index contributed by atoms with van der Waals surface area (Å²) in [6, 6.07) is 9.82. The fourth-order valence-corrected chi connectivity index (χ4v) is 2.79. The molecule has 2 aromatic carbocycles. The lowest BCUT2D eigenvalue weighted by Crippen LogP contribution is -2.13. The molecule has 0 N–H and O–H groups in total. The molecular formula is C16H13F3O4S. The van der Waals surface area contributed by atoms with E-state index in [0.29, 0.717) is 5.56 Å². The summed E-state index contributed by atoms with van der Waals surface area (Å²) in [7, 11) is -3.22. The van der Waals surface area contributed by atoms with Crippen molar-refractivity contribution in [1.82, 2.24) is 0 Å². The average Bonchev–Trinajstić information content (AvgIpc) is 2.45. The Morgan fingerprint density at radius 1 is 1.04 bits per heavy atom. The first-order chi connectivity index (χ1) is 11.1. The monoisotopic (exact) mass is 358 g/mol. The molecule has 2 aromatic rings. The van der Waals surface area contributed by atoms with Crippen LogP contribution in [0.5, 0.6) is 5.75 Å². The maximum Gasteiger partial charge on any atom is 0.419 e. The smallest absolute Gasteiger partial charge is 0.419 e. The molecule has 24 heavy (non-hydrogen) atoms. The number of benzene rings is 2. The zero-order chi connectivity index (χ0) is 18.0. The normalized spacial score (nSPS) is 12.0. The minimum Gasteiger partial charge on any atom is -0.422 e. The van der Waals surface area contributed by atoms with Gasteiger partial charge in [0, 0.05) is 6.26 Å². The van der Waals surface area contributed by atoms with Gasteiger partial charge in [-0.25, -0.2) is 13.2 Å². The third-order valence-corrected chi connectivity index (χ3v) is 3.87. The molecule has 128 valence electrons. The molecule has 0 saturated heterocycles. The topological polar surface area (TPSA) is 60.4 Å². The highest BCUT2D eigenvalue weighted by Crippen LogP contribution is 2.36. The summed E-state index contributed by atoms with van der Waals surface area (Å²) in [5.41, 5.74) is -0.569. The minimum absolute atomic E-state index is 0.0178. The van der Waals surface area contributed by atoms with E-state index < -0.39 is 33.3 Å². The Kier molecular flexibility index (Phi) is 4.98. The van der Waals surface area contributed by atoms with E-state index in [2.05, 4.69) is 0 Å². The zero-order valence-electron chi connectivity index (χ0n) is 12.5. The van der Waals surface area contributed by atoms with Gasteiger partial charge in [-0.1, -0.05) is 24.3 Å². The number of sulfone groups is 1. The van der Waals surface area contributed by atoms with Gasteiger partial charge in [0.25, 0.3) is 0 Å². The van der Waals surface area contributed by atoms with Gasteiger partial charge in [0.15, 0.2) is 9.84 Å². The Labute approximate surface area is 136 Å². The molecule has 0 atom stereocenters.